The summed E-state index contributed by atoms with van der Waals surface area (Å²) in [4.78, 5) is 17.4. The van der Waals surface area contributed by atoms with Crippen LogP contribution in [0.15, 0.2) is 78.1 Å². The molecule has 0 aliphatic carbocycles. The number of hydrogen-bond donors (Lipinski definition) is 1. The summed E-state index contributed by atoms with van der Waals surface area (Å²) >= 11 is 0. The van der Waals surface area contributed by atoms with E-state index in [4.69, 9.17) is 15.2 Å². The molecule has 3 aliphatic rings. The summed E-state index contributed by atoms with van der Waals surface area (Å²) in [6.45, 7) is 5.51. The summed E-state index contributed by atoms with van der Waals surface area (Å²) in [5.41, 5.74) is 0.571. The smallest absolute Gasteiger partial charge is 0.303 e. The number of oxime groups is 1. The van der Waals surface area contributed by atoms with Crippen LogP contribution in [0, 0.1) is 23.2 Å². The van der Waals surface area contributed by atoms with Crippen molar-refractivity contribution in [3.63, 3.8) is 0 Å². The van der Waals surface area contributed by atoms with Gasteiger partial charge in [0.25, 0.3) is 0 Å². The Morgan fingerprint density at radius 2 is 1.37 bits per heavy atom. The van der Waals surface area contributed by atoms with Crippen molar-refractivity contribution in [3.05, 3.63) is 72.9 Å². The van der Waals surface area contributed by atoms with Gasteiger partial charge in [-0.25, -0.2) is 0 Å². The molecule has 38 heavy (non-hydrogen) atoms. The Bertz CT molecular complexity index is 882. The second-order valence-corrected chi connectivity index (χ2v) is 9.36. The van der Waals surface area contributed by atoms with Crippen molar-refractivity contribution in [2.45, 2.75) is 71.1 Å². The third kappa shape index (κ3) is 16.6. The predicted octanol–water partition coefficient (Wildman–Crippen LogP) is 7.40. The maximum absolute atomic E-state index is 10.3. The first-order chi connectivity index (χ1) is 18.6. The Kier molecular flexibility index (Phi) is 19.9. The largest absolute Gasteiger partial charge is 0.481 e. The van der Waals surface area contributed by atoms with E-state index in [1.807, 2.05) is 12.2 Å². The first-order valence-electron chi connectivity index (χ1n) is 14.0. The molecule has 0 radical (unpaired) electrons. The van der Waals surface area contributed by atoms with E-state index in [2.05, 4.69) is 83.8 Å². The molecule has 0 spiro atoms. The number of aliphatic carboxylic acids is 1. The second-order valence-electron chi connectivity index (χ2n) is 9.36. The maximum Gasteiger partial charge on any atom is 0.303 e. The van der Waals surface area contributed by atoms with Gasteiger partial charge in [0.1, 0.15) is 13.2 Å². The summed E-state index contributed by atoms with van der Waals surface area (Å²) < 4.78 is 0. The fraction of sp³-hybridized carbons (Fsp3) is 0.531. The minimum Gasteiger partial charge on any atom is -0.481 e. The number of fused-ring (bicyclic) bond motifs is 3. The Hall–Kier alpha value is -3.17. The summed E-state index contributed by atoms with van der Waals surface area (Å²) in [6.07, 6.45) is 34.9. The number of carbonyl (C=O) groups is 1. The zero-order chi connectivity index (χ0) is 27.7. The lowest BCUT2D eigenvalue weighted by Crippen LogP contribution is -2.49. The molecule has 3 fully saturated rings. The van der Waals surface area contributed by atoms with Crippen molar-refractivity contribution in [1.82, 2.24) is 4.90 Å². The van der Waals surface area contributed by atoms with Crippen LogP contribution in [-0.4, -0.2) is 48.4 Å². The second kappa shape index (κ2) is 23.0. The number of piperidine rings is 3. The first kappa shape index (κ1) is 32.9. The van der Waals surface area contributed by atoms with E-state index in [0.717, 1.165) is 45.1 Å². The molecule has 3 saturated heterocycles. The Morgan fingerprint density at radius 1 is 0.895 bits per heavy atom. The Morgan fingerprint density at radius 3 is 1.74 bits per heavy atom. The van der Waals surface area contributed by atoms with Crippen LogP contribution in [0.3, 0.4) is 0 Å². The van der Waals surface area contributed by atoms with E-state index in [1.54, 1.807) is 0 Å². The molecule has 3 rings (SSSR count). The molecule has 2 bridgehead atoms. The molecule has 208 valence electrons. The average molecular weight is 522 g/mol. The lowest BCUT2D eigenvalue weighted by Gasteiger charge is -2.43. The van der Waals surface area contributed by atoms with Gasteiger partial charge in [0, 0.05) is 18.9 Å². The normalized spacial score (nSPS) is 21.7. The van der Waals surface area contributed by atoms with Crippen molar-refractivity contribution >= 4 is 11.7 Å². The highest BCUT2D eigenvalue weighted by Gasteiger charge is 2.37. The Labute approximate surface area is 230 Å². The van der Waals surface area contributed by atoms with Gasteiger partial charge in [-0.1, -0.05) is 85.0 Å². The summed E-state index contributed by atoms with van der Waals surface area (Å²) in [5, 5.41) is 21.3. The number of carboxylic acids is 1. The van der Waals surface area contributed by atoms with E-state index < -0.39 is 5.97 Å². The molecule has 0 unspecified atom stereocenters. The van der Waals surface area contributed by atoms with Crippen molar-refractivity contribution in [3.8, 4) is 6.07 Å². The molecule has 3 heterocycles. The van der Waals surface area contributed by atoms with E-state index in [1.165, 1.54) is 33.0 Å². The van der Waals surface area contributed by atoms with Crippen LogP contribution in [-0.2, 0) is 9.63 Å². The summed E-state index contributed by atoms with van der Waals surface area (Å²) in [5.74, 6) is 0.213. The number of carboxylic acid groups (broad SMARTS) is 1. The highest BCUT2D eigenvalue weighted by Crippen LogP contribution is 2.33. The van der Waals surface area contributed by atoms with E-state index in [0.29, 0.717) is 24.0 Å². The predicted molar refractivity (Wildman–Crippen MR) is 158 cm³/mol. The van der Waals surface area contributed by atoms with Crippen molar-refractivity contribution in [2.75, 3.05) is 26.7 Å². The highest BCUT2D eigenvalue weighted by atomic mass is 16.6. The van der Waals surface area contributed by atoms with E-state index in [9.17, 15) is 4.79 Å². The maximum atomic E-state index is 10.3. The van der Waals surface area contributed by atoms with E-state index in [-0.39, 0.29) is 6.42 Å². The minimum atomic E-state index is -0.741. The van der Waals surface area contributed by atoms with Gasteiger partial charge >= 0.3 is 5.97 Å². The SMILES string of the molecule is CC/C=C\C/C=C\C/C=C\C/C=C\C/C=C\C/C=C\CCC(=O)O.CO/N=C(\C#N)[C@H]1CN2CCC1CC2. The molecule has 0 saturated carbocycles. The molecular weight excluding hydrogens is 474 g/mol. The molecule has 1 atom stereocenters. The van der Waals surface area contributed by atoms with Crippen molar-refractivity contribution < 1.29 is 14.7 Å². The topological polar surface area (TPSA) is 85.9 Å². The summed E-state index contributed by atoms with van der Waals surface area (Å²) in [7, 11) is 1.50. The van der Waals surface area contributed by atoms with Crippen LogP contribution in [0.5, 0.6) is 0 Å². The van der Waals surface area contributed by atoms with Gasteiger partial charge in [-0.3, -0.25) is 4.79 Å². The van der Waals surface area contributed by atoms with Gasteiger partial charge in [0.05, 0.1) is 0 Å². The van der Waals surface area contributed by atoms with Crippen LogP contribution in [0.1, 0.15) is 71.1 Å². The van der Waals surface area contributed by atoms with Gasteiger partial charge in [0.2, 0.25) is 0 Å². The van der Waals surface area contributed by atoms with Crippen LogP contribution in [0.2, 0.25) is 0 Å². The molecular formula is C32H47N3O3. The van der Waals surface area contributed by atoms with Crippen molar-refractivity contribution in [1.29, 1.82) is 5.26 Å². The van der Waals surface area contributed by atoms with Crippen LogP contribution in [0.4, 0.5) is 0 Å². The highest BCUT2D eigenvalue weighted by molar-refractivity contribution is 6.00. The molecule has 1 N–H and O–H groups in total. The van der Waals surface area contributed by atoms with Gasteiger partial charge in [-0.2, -0.15) is 5.26 Å². The van der Waals surface area contributed by atoms with Crippen LogP contribution < -0.4 is 0 Å². The fourth-order valence-corrected chi connectivity index (χ4v) is 4.39. The molecule has 6 heteroatoms. The van der Waals surface area contributed by atoms with E-state index >= 15 is 0 Å². The lowest BCUT2D eigenvalue weighted by atomic mass is 9.77. The molecule has 0 aromatic heterocycles. The molecule has 0 aromatic rings. The van der Waals surface area contributed by atoms with Crippen molar-refractivity contribution in [2.24, 2.45) is 17.0 Å². The van der Waals surface area contributed by atoms with Gasteiger partial charge in [-0.15, -0.1) is 0 Å². The lowest BCUT2D eigenvalue weighted by molar-refractivity contribution is -0.136. The number of rotatable bonds is 16. The zero-order valence-electron chi connectivity index (χ0n) is 23.4. The van der Waals surface area contributed by atoms with Gasteiger partial charge in [-0.05, 0) is 76.8 Å². The number of nitriles is 1. The number of hydrogen-bond acceptors (Lipinski definition) is 5. The molecule has 0 amide bonds. The fourth-order valence-electron chi connectivity index (χ4n) is 4.39. The third-order valence-electron chi connectivity index (χ3n) is 6.43. The quantitative estimate of drug-likeness (QED) is 0.130. The standard InChI is InChI=1S/C22H32O2.C10H15N3O/c1-2-3-4-5-6-7-8-9-10-11-12-13-14-15-16-17-18-19-20-21-22(23)24;1-14-12-10(6-11)9-7-13-4-2-8(9)3-5-13/h3-4,6-7,9-10,12-13,15-16,18-19H,2,5,8,11,14,17,20-21H2,1H3,(H,23,24);8-9H,2-5,7H2,1H3/b4-3-,7-6-,10-9-,13-12-,16-15-,19-18-;12-10+/t;9-/m.0/s1. The first-order valence-corrected chi connectivity index (χ1v) is 14.0. The third-order valence-corrected chi connectivity index (χ3v) is 6.43. The van der Waals surface area contributed by atoms with Crippen LogP contribution in [0.25, 0.3) is 0 Å². The van der Waals surface area contributed by atoms with Crippen LogP contribution >= 0.6 is 0 Å². The number of nitrogens with zero attached hydrogens (tertiary/aromatic N) is 3. The minimum absolute atomic E-state index is 0.210. The average Bonchev–Trinajstić information content (AvgIpc) is 2.93. The Balaban J connectivity index is 0.000000431. The zero-order valence-corrected chi connectivity index (χ0v) is 23.4. The van der Waals surface area contributed by atoms with Gasteiger partial charge in [0.15, 0.2) is 5.71 Å². The molecule has 0 aromatic carbocycles. The van der Waals surface area contributed by atoms with Gasteiger partial charge < -0.3 is 14.8 Å². The molecule has 3 aliphatic heterocycles. The monoisotopic (exact) mass is 521 g/mol. The number of allylic oxidation sites excluding steroid dienone is 12. The summed E-state index contributed by atoms with van der Waals surface area (Å²) in [6, 6.07) is 2.16. The molecule has 6 nitrogen and oxygen atoms in total.